The highest BCUT2D eigenvalue weighted by atomic mass is 35.5. The van der Waals surface area contributed by atoms with E-state index in [0.29, 0.717) is 27.7 Å². The van der Waals surface area contributed by atoms with Gasteiger partial charge in [-0.05, 0) is 73.7 Å². The molecular weight excluding hydrogens is 505 g/mol. The van der Waals surface area contributed by atoms with E-state index in [4.69, 9.17) is 39.9 Å². The maximum Gasteiger partial charge on any atom is 0.304 e. The Labute approximate surface area is 222 Å². The second-order valence-corrected chi connectivity index (χ2v) is 10.7. The van der Waals surface area contributed by atoms with Crippen LogP contribution in [0.15, 0.2) is 42.5 Å². The lowest BCUT2D eigenvalue weighted by atomic mass is 9.96. The highest BCUT2D eigenvalue weighted by Gasteiger charge is 2.27. The quantitative estimate of drug-likeness (QED) is 0.386. The van der Waals surface area contributed by atoms with E-state index in [-0.39, 0.29) is 12.5 Å². The Hall–Kier alpha value is -1.76. The minimum Gasteiger partial charge on any atom is -0.481 e. The van der Waals surface area contributed by atoms with Crippen molar-refractivity contribution in [3.05, 3.63) is 68.7 Å². The van der Waals surface area contributed by atoms with Crippen LogP contribution in [0.3, 0.4) is 0 Å². The zero-order valence-corrected chi connectivity index (χ0v) is 22.2. The molecule has 2 aromatic rings. The minimum absolute atomic E-state index is 0.0290. The molecule has 2 aliphatic heterocycles. The topological polar surface area (TPSA) is 55.8 Å². The van der Waals surface area contributed by atoms with Crippen molar-refractivity contribution in [1.82, 2.24) is 9.80 Å². The summed E-state index contributed by atoms with van der Waals surface area (Å²) in [5.41, 5.74) is 4.36. The number of anilines is 1. The number of hydrogen-bond acceptors (Lipinski definition) is 4. The summed E-state index contributed by atoms with van der Waals surface area (Å²) in [6.07, 6.45) is 5.82. The molecule has 4 rings (SSSR count). The van der Waals surface area contributed by atoms with Gasteiger partial charge in [-0.25, -0.2) is 0 Å². The van der Waals surface area contributed by atoms with Gasteiger partial charge in [0, 0.05) is 42.3 Å². The van der Waals surface area contributed by atoms with Crippen molar-refractivity contribution in [2.24, 2.45) is 0 Å². The molecule has 0 bridgehead atoms. The van der Waals surface area contributed by atoms with Crippen molar-refractivity contribution >= 4 is 52.0 Å². The van der Waals surface area contributed by atoms with E-state index < -0.39 is 5.97 Å². The molecule has 1 unspecified atom stereocenters. The van der Waals surface area contributed by atoms with E-state index in [1.165, 1.54) is 17.6 Å². The van der Waals surface area contributed by atoms with Crippen molar-refractivity contribution in [2.45, 2.75) is 44.7 Å². The van der Waals surface area contributed by atoms with E-state index in [9.17, 15) is 4.79 Å². The predicted octanol–water partition coefficient (Wildman–Crippen LogP) is 6.85. The smallest absolute Gasteiger partial charge is 0.304 e. The third-order valence-corrected chi connectivity index (χ3v) is 7.91. The molecule has 188 valence electrons. The number of carboxylic acid groups (broad SMARTS) is 1. The molecule has 0 amide bonds. The monoisotopic (exact) mass is 535 g/mol. The number of carbonyl (C=O) groups is 1. The Morgan fingerprint density at radius 2 is 1.97 bits per heavy atom. The highest BCUT2D eigenvalue weighted by Crippen LogP contribution is 2.34. The SMILES string of the molecule is CC(Nc1cc(C2=CCN([C@H]3CCCN(CCC(=O)O)C3)CC2)ccc1Cl)c1ccc(Cl)cc1Cl. The van der Waals surface area contributed by atoms with Gasteiger partial charge in [0.2, 0.25) is 0 Å². The van der Waals surface area contributed by atoms with Gasteiger partial charge in [0.1, 0.15) is 0 Å². The standard InChI is InChI=1S/C27H32Cl3N3O2/c1-18(23-6-5-21(28)16-25(23)30)31-26-15-20(4-7-24(26)29)19-8-13-33(14-9-19)22-3-2-11-32(17-22)12-10-27(34)35/h4-8,15-16,18,22,31H,2-3,9-14,17H2,1H3,(H,34,35)/t18?,22-/m0/s1. The summed E-state index contributed by atoms with van der Waals surface area (Å²) in [6, 6.07) is 12.2. The van der Waals surface area contributed by atoms with Gasteiger partial charge in [-0.15, -0.1) is 0 Å². The van der Waals surface area contributed by atoms with Gasteiger partial charge in [-0.2, -0.15) is 0 Å². The van der Waals surface area contributed by atoms with Crippen LogP contribution in [0.5, 0.6) is 0 Å². The molecule has 0 aromatic heterocycles. The van der Waals surface area contributed by atoms with E-state index in [0.717, 1.165) is 50.3 Å². The summed E-state index contributed by atoms with van der Waals surface area (Å²) in [6.45, 7) is 6.57. The molecule has 8 heteroatoms. The van der Waals surface area contributed by atoms with E-state index in [2.05, 4.69) is 40.2 Å². The van der Waals surface area contributed by atoms with Crippen molar-refractivity contribution in [1.29, 1.82) is 0 Å². The lowest BCUT2D eigenvalue weighted by Crippen LogP contribution is -2.49. The third-order valence-electron chi connectivity index (χ3n) is 7.02. The largest absolute Gasteiger partial charge is 0.481 e. The lowest BCUT2D eigenvalue weighted by Gasteiger charge is -2.40. The molecule has 2 aliphatic rings. The molecule has 2 heterocycles. The maximum absolute atomic E-state index is 10.9. The first-order valence-electron chi connectivity index (χ1n) is 12.2. The zero-order chi connectivity index (χ0) is 24.9. The number of nitrogens with zero attached hydrogens (tertiary/aromatic N) is 2. The summed E-state index contributed by atoms with van der Waals surface area (Å²) in [5.74, 6) is -0.722. The van der Waals surface area contributed by atoms with Gasteiger partial charge >= 0.3 is 5.97 Å². The molecule has 35 heavy (non-hydrogen) atoms. The molecule has 2 atom stereocenters. The number of likely N-dealkylation sites (tertiary alicyclic amines) is 1. The molecule has 0 aliphatic carbocycles. The van der Waals surface area contributed by atoms with Crippen LogP contribution >= 0.6 is 34.8 Å². The Morgan fingerprint density at radius 1 is 1.14 bits per heavy atom. The van der Waals surface area contributed by atoms with Gasteiger partial charge in [0.05, 0.1) is 23.2 Å². The van der Waals surface area contributed by atoms with Crippen molar-refractivity contribution < 1.29 is 9.90 Å². The maximum atomic E-state index is 10.9. The molecule has 0 saturated carbocycles. The number of piperidine rings is 1. The van der Waals surface area contributed by atoms with E-state index >= 15 is 0 Å². The van der Waals surface area contributed by atoms with Crippen LogP contribution in [0.2, 0.25) is 15.1 Å². The second kappa shape index (κ2) is 12.0. The summed E-state index contributed by atoms with van der Waals surface area (Å²) in [4.78, 5) is 15.8. The molecule has 0 radical (unpaired) electrons. The predicted molar refractivity (Wildman–Crippen MR) is 146 cm³/mol. The summed E-state index contributed by atoms with van der Waals surface area (Å²) in [5, 5.41) is 14.4. The van der Waals surface area contributed by atoms with Crippen molar-refractivity contribution in [3.8, 4) is 0 Å². The second-order valence-electron chi connectivity index (χ2n) is 9.44. The van der Waals surface area contributed by atoms with Crippen LogP contribution in [0.1, 0.15) is 49.8 Å². The zero-order valence-electron chi connectivity index (χ0n) is 19.9. The number of carboxylic acids is 1. The molecule has 0 spiro atoms. The number of halogens is 3. The molecule has 2 N–H and O–H groups in total. The van der Waals surface area contributed by atoms with Gasteiger partial charge in [0.15, 0.2) is 0 Å². The van der Waals surface area contributed by atoms with Crippen LogP contribution < -0.4 is 5.32 Å². The first-order chi connectivity index (χ1) is 16.8. The van der Waals surface area contributed by atoms with E-state index in [1.54, 1.807) is 6.07 Å². The summed E-state index contributed by atoms with van der Waals surface area (Å²) >= 11 is 19.0. The number of aliphatic carboxylic acids is 1. The van der Waals surface area contributed by atoms with Gasteiger partial charge in [-0.3, -0.25) is 9.69 Å². The Balaban J connectivity index is 1.40. The lowest BCUT2D eigenvalue weighted by molar-refractivity contribution is -0.137. The Morgan fingerprint density at radius 3 is 2.69 bits per heavy atom. The third kappa shape index (κ3) is 6.93. The summed E-state index contributed by atoms with van der Waals surface area (Å²) in [7, 11) is 0. The van der Waals surface area contributed by atoms with Crippen LogP contribution in [-0.4, -0.2) is 59.6 Å². The van der Waals surface area contributed by atoms with Crippen LogP contribution in [-0.2, 0) is 4.79 Å². The minimum atomic E-state index is -0.722. The first kappa shape index (κ1) is 26.3. The average Bonchev–Trinajstić information content (AvgIpc) is 2.84. The Kier molecular flexibility index (Phi) is 9.01. The molecule has 1 saturated heterocycles. The van der Waals surface area contributed by atoms with Crippen LogP contribution in [0.25, 0.3) is 5.57 Å². The fourth-order valence-corrected chi connectivity index (χ4v) is 5.81. The van der Waals surface area contributed by atoms with Crippen LogP contribution in [0, 0.1) is 0 Å². The first-order valence-corrected chi connectivity index (χ1v) is 13.3. The molecule has 5 nitrogen and oxygen atoms in total. The van der Waals surface area contributed by atoms with E-state index in [1.807, 2.05) is 18.2 Å². The number of hydrogen-bond donors (Lipinski definition) is 2. The normalized spacial score (nSPS) is 20.3. The molecular formula is C27H32Cl3N3O2. The fraction of sp³-hybridized carbons (Fsp3) is 0.444. The number of benzene rings is 2. The summed E-state index contributed by atoms with van der Waals surface area (Å²) < 4.78 is 0. The highest BCUT2D eigenvalue weighted by molar-refractivity contribution is 6.35. The molecule has 2 aromatic carbocycles. The van der Waals surface area contributed by atoms with Crippen molar-refractivity contribution in [2.75, 3.05) is 38.0 Å². The fourth-order valence-electron chi connectivity index (χ4n) is 5.06. The average molecular weight is 537 g/mol. The molecule has 1 fully saturated rings. The van der Waals surface area contributed by atoms with Crippen LogP contribution in [0.4, 0.5) is 5.69 Å². The van der Waals surface area contributed by atoms with Gasteiger partial charge in [-0.1, -0.05) is 53.0 Å². The van der Waals surface area contributed by atoms with Crippen molar-refractivity contribution in [3.63, 3.8) is 0 Å². The number of nitrogens with one attached hydrogen (secondary N) is 1. The van der Waals surface area contributed by atoms with Gasteiger partial charge < -0.3 is 15.3 Å². The number of rotatable bonds is 8. The Bertz CT molecular complexity index is 1090. The van der Waals surface area contributed by atoms with Gasteiger partial charge in [0.25, 0.3) is 0 Å².